The molecule has 35 heavy (non-hydrogen) atoms. The first-order valence-electron chi connectivity index (χ1n) is 10.9. The fourth-order valence-corrected chi connectivity index (χ4v) is 3.78. The normalized spacial score (nSPS) is 11.5. The van der Waals surface area contributed by atoms with Crippen LogP contribution >= 0.6 is 11.8 Å². The van der Waals surface area contributed by atoms with Crippen LogP contribution in [0.25, 0.3) is 0 Å². The van der Waals surface area contributed by atoms with Crippen molar-refractivity contribution in [3.8, 4) is 5.75 Å². The molecule has 10 nitrogen and oxygen atoms in total. The number of aromatic nitrogens is 3. The monoisotopic (exact) mass is 497 g/mol. The van der Waals surface area contributed by atoms with Crippen LogP contribution in [-0.4, -0.2) is 49.5 Å². The van der Waals surface area contributed by atoms with Crippen LogP contribution < -0.4 is 15.4 Å². The third-order valence-electron chi connectivity index (χ3n) is 5.09. The number of anilines is 1. The lowest BCUT2D eigenvalue weighted by Gasteiger charge is -2.15. The molecule has 2 aromatic carbocycles. The van der Waals surface area contributed by atoms with E-state index >= 15 is 0 Å². The highest BCUT2D eigenvalue weighted by Gasteiger charge is 2.17. The summed E-state index contributed by atoms with van der Waals surface area (Å²) in [4.78, 5) is 35.7. The average Bonchev–Trinajstić information content (AvgIpc) is 3.20. The molecule has 3 rings (SSSR count). The first-order valence-corrected chi connectivity index (χ1v) is 11.9. The fourth-order valence-electron chi connectivity index (χ4n) is 3.05. The molecule has 3 aromatic rings. The molecule has 1 heterocycles. The number of nitrogens with one attached hydrogen (secondary N) is 2. The minimum Gasteiger partial charge on any atom is -0.481 e. The van der Waals surface area contributed by atoms with Crippen molar-refractivity contribution in [2.45, 2.75) is 38.1 Å². The molecule has 0 fully saturated rings. The maximum absolute atomic E-state index is 12.4. The smallest absolute Gasteiger partial charge is 0.335 e. The number of carboxylic acid groups (broad SMARTS) is 1. The van der Waals surface area contributed by atoms with Crippen LogP contribution in [0.4, 0.5) is 5.69 Å². The van der Waals surface area contributed by atoms with Gasteiger partial charge in [0.15, 0.2) is 17.1 Å². The van der Waals surface area contributed by atoms with Crippen molar-refractivity contribution in [2.75, 3.05) is 11.1 Å². The number of nitrogens with zero attached hydrogens (tertiary/aromatic N) is 3. The molecule has 3 N–H and O–H groups in total. The molecule has 0 bridgehead atoms. The number of aromatic carboxylic acids is 1. The summed E-state index contributed by atoms with van der Waals surface area (Å²) in [6.07, 6.45) is 0.243. The molecule has 0 saturated carbocycles. The van der Waals surface area contributed by atoms with Gasteiger partial charge < -0.3 is 25.0 Å². The highest BCUT2D eigenvalue weighted by atomic mass is 32.2. The van der Waals surface area contributed by atoms with Gasteiger partial charge in [-0.15, -0.1) is 10.2 Å². The van der Waals surface area contributed by atoms with Crippen molar-refractivity contribution >= 4 is 35.2 Å². The maximum atomic E-state index is 12.4. The van der Waals surface area contributed by atoms with E-state index in [1.807, 2.05) is 24.3 Å². The van der Waals surface area contributed by atoms with E-state index in [1.165, 1.54) is 29.5 Å². The number of hydrogen-bond donors (Lipinski definition) is 3. The standard InChI is InChI=1S/C24H27N5O5S/c1-4-16-8-10-19(11-9-16)34-15(2)22(31)25-13-20-27-28-24(29(20)3)35-14-21(30)26-18-7-5-6-17(12-18)23(32)33/h5-12,15H,4,13-14H2,1-3H3,(H,25,31)(H,26,30)(H,32,33). The number of ether oxygens (including phenoxy) is 1. The van der Waals surface area contributed by atoms with Gasteiger partial charge in [-0.1, -0.05) is 36.9 Å². The van der Waals surface area contributed by atoms with E-state index in [0.717, 1.165) is 6.42 Å². The van der Waals surface area contributed by atoms with E-state index in [2.05, 4.69) is 27.8 Å². The molecule has 0 aliphatic carbocycles. The van der Waals surface area contributed by atoms with E-state index in [4.69, 9.17) is 9.84 Å². The van der Waals surface area contributed by atoms with Crippen molar-refractivity contribution < 1.29 is 24.2 Å². The summed E-state index contributed by atoms with van der Waals surface area (Å²) in [5.41, 5.74) is 1.68. The molecular formula is C24H27N5O5S. The lowest BCUT2D eigenvalue weighted by Crippen LogP contribution is -2.36. The lowest BCUT2D eigenvalue weighted by atomic mass is 10.2. The second-order valence-corrected chi connectivity index (χ2v) is 8.60. The highest BCUT2D eigenvalue weighted by molar-refractivity contribution is 7.99. The van der Waals surface area contributed by atoms with Gasteiger partial charge in [0.05, 0.1) is 17.9 Å². The second kappa shape index (κ2) is 12.0. The third kappa shape index (κ3) is 7.31. The SMILES string of the molecule is CCc1ccc(OC(C)C(=O)NCc2nnc(SCC(=O)Nc3cccc(C(=O)O)c3)n2C)cc1. The molecule has 0 aliphatic rings. The van der Waals surface area contributed by atoms with Gasteiger partial charge in [-0.3, -0.25) is 9.59 Å². The van der Waals surface area contributed by atoms with Crippen LogP contribution in [0.2, 0.25) is 0 Å². The zero-order valence-electron chi connectivity index (χ0n) is 19.6. The molecule has 1 aromatic heterocycles. The van der Waals surface area contributed by atoms with Crippen molar-refractivity contribution in [1.82, 2.24) is 20.1 Å². The number of thioether (sulfide) groups is 1. The fraction of sp³-hybridized carbons (Fsp3) is 0.292. The van der Waals surface area contributed by atoms with Crippen molar-refractivity contribution in [3.05, 3.63) is 65.5 Å². The molecule has 0 spiro atoms. The maximum Gasteiger partial charge on any atom is 0.335 e. The third-order valence-corrected chi connectivity index (χ3v) is 6.11. The Bertz CT molecular complexity index is 1200. The van der Waals surface area contributed by atoms with E-state index < -0.39 is 12.1 Å². The Labute approximate surface area is 207 Å². The molecule has 11 heteroatoms. The van der Waals surface area contributed by atoms with Crippen molar-refractivity contribution in [1.29, 1.82) is 0 Å². The van der Waals surface area contributed by atoms with E-state index in [0.29, 0.717) is 22.4 Å². The zero-order valence-corrected chi connectivity index (χ0v) is 20.5. The van der Waals surface area contributed by atoms with Gasteiger partial charge in [0, 0.05) is 12.7 Å². The topological polar surface area (TPSA) is 135 Å². The Morgan fingerprint density at radius 2 is 1.89 bits per heavy atom. The molecule has 184 valence electrons. The van der Waals surface area contributed by atoms with Crippen molar-refractivity contribution in [3.63, 3.8) is 0 Å². The highest BCUT2D eigenvalue weighted by Crippen LogP contribution is 2.18. The minimum absolute atomic E-state index is 0.0529. The van der Waals surface area contributed by atoms with Gasteiger partial charge in [-0.2, -0.15) is 0 Å². The van der Waals surface area contributed by atoms with E-state index in [1.54, 1.807) is 30.7 Å². The number of carbonyl (C=O) groups excluding carboxylic acids is 2. The Morgan fingerprint density at radius 3 is 2.57 bits per heavy atom. The number of carbonyl (C=O) groups is 3. The minimum atomic E-state index is -1.07. The number of rotatable bonds is 11. The largest absolute Gasteiger partial charge is 0.481 e. The Kier molecular flexibility index (Phi) is 8.85. The summed E-state index contributed by atoms with van der Waals surface area (Å²) in [7, 11) is 1.74. The van der Waals surface area contributed by atoms with Crippen LogP contribution in [0.15, 0.2) is 53.7 Å². The van der Waals surface area contributed by atoms with Gasteiger partial charge in [-0.05, 0) is 49.2 Å². The van der Waals surface area contributed by atoms with Crippen LogP contribution in [0.1, 0.15) is 35.6 Å². The Morgan fingerprint density at radius 1 is 1.14 bits per heavy atom. The number of amides is 2. The Hall–Kier alpha value is -3.86. The van der Waals surface area contributed by atoms with Gasteiger partial charge in [0.1, 0.15) is 5.75 Å². The summed E-state index contributed by atoms with van der Waals surface area (Å²) in [6, 6.07) is 13.6. The van der Waals surface area contributed by atoms with Crippen molar-refractivity contribution in [2.24, 2.45) is 7.05 Å². The first kappa shape index (κ1) is 25.8. The predicted octanol–water partition coefficient (Wildman–Crippen LogP) is 2.89. The molecule has 2 amide bonds. The molecule has 0 aliphatic heterocycles. The molecule has 0 saturated heterocycles. The molecule has 1 unspecified atom stereocenters. The van der Waals surface area contributed by atoms with E-state index in [-0.39, 0.29) is 29.7 Å². The summed E-state index contributed by atoms with van der Waals surface area (Å²) in [6.45, 7) is 3.89. The second-order valence-electron chi connectivity index (χ2n) is 7.66. The average molecular weight is 498 g/mol. The number of aryl methyl sites for hydroxylation is 1. The Balaban J connectivity index is 1.47. The van der Waals surface area contributed by atoms with E-state index in [9.17, 15) is 14.4 Å². The summed E-state index contributed by atoms with van der Waals surface area (Å²) >= 11 is 1.17. The van der Waals surface area contributed by atoms with Crippen LogP contribution in [0.3, 0.4) is 0 Å². The van der Waals surface area contributed by atoms with Gasteiger partial charge in [0.2, 0.25) is 5.91 Å². The van der Waals surface area contributed by atoms with Gasteiger partial charge in [-0.25, -0.2) is 4.79 Å². The molecular weight excluding hydrogens is 470 g/mol. The summed E-state index contributed by atoms with van der Waals surface area (Å²) < 4.78 is 7.39. The molecule has 1 atom stereocenters. The van der Waals surface area contributed by atoms with Crippen LogP contribution in [0, 0.1) is 0 Å². The predicted molar refractivity (Wildman–Crippen MR) is 132 cm³/mol. The summed E-state index contributed by atoms with van der Waals surface area (Å²) in [5.74, 6) is -0.471. The molecule has 0 radical (unpaired) electrons. The van der Waals surface area contributed by atoms with Gasteiger partial charge in [0.25, 0.3) is 5.91 Å². The zero-order chi connectivity index (χ0) is 25.4. The summed E-state index contributed by atoms with van der Waals surface area (Å²) in [5, 5.41) is 23.2. The number of carboxylic acids is 1. The van der Waals surface area contributed by atoms with Crippen LogP contribution in [-0.2, 0) is 29.6 Å². The van der Waals surface area contributed by atoms with Crippen LogP contribution in [0.5, 0.6) is 5.75 Å². The number of hydrogen-bond acceptors (Lipinski definition) is 7. The lowest BCUT2D eigenvalue weighted by molar-refractivity contribution is -0.127. The quantitative estimate of drug-likeness (QED) is 0.344. The van der Waals surface area contributed by atoms with Gasteiger partial charge >= 0.3 is 5.97 Å². The number of benzene rings is 2. The first-order chi connectivity index (χ1) is 16.8.